The van der Waals surface area contributed by atoms with Crippen LogP contribution in [-0.4, -0.2) is 12.1 Å². The molecule has 0 fully saturated rings. The topological polar surface area (TPSA) is 98.5 Å². The number of hydrogen-bond donors (Lipinski definition) is 1. The van der Waals surface area contributed by atoms with Crippen LogP contribution in [0.4, 0.5) is 0 Å². The third-order valence-electron chi connectivity index (χ3n) is 3.00. The molecule has 21 heavy (non-hydrogen) atoms. The summed E-state index contributed by atoms with van der Waals surface area (Å²) < 4.78 is 15.9. The fourth-order valence-corrected chi connectivity index (χ4v) is 2.16. The second kappa shape index (κ2) is 5.75. The highest BCUT2D eigenvalue weighted by Gasteiger charge is 2.38. The average molecular weight is 288 g/mol. The van der Waals surface area contributed by atoms with E-state index >= 15 is 0 Å². The Kier molecular flexibility index (Phi) is 4.03. The fourth-order valence-electron chi connectivity index (χ4n) is 2.16. The third kappa shape index (κ3) is 2.77. The molecule has 0 saturated carbocycles. The molecular formula is C15H16N2O4. The van der Waals surface area contributed by atoms with E-state index in [0.29, 0.717) is 11.5 Å². The number of rotatable bonds is 3. The molecule has 0 amide bonds. The van der Waals surface area contributed by atoms with E-state index in [4.69, 9.17) is 19.6 Å². The van der Waals surface area contributed by atoms with Crippen molar-refractivity contribution in [3.05, 3.63) is 46.9 Å². The standard InChI is InChI=1S/C15H16N2O4/c1-8(2)20-15(18)12-9(3)21-14(17)10(7-16)13(12)11-5-4-6-19-11/h4-6,8,13H,17H2,1-3H3/t13-/m1/s1. The summed E-state index contributed by atoms with van der Waals surface area (Å²) in [4.78, 5) is 12.3. The van der Waals surface area contributed by atoms with E-state index in [9.17, 15) is 10.1 Å². The van der Waals surface area contributed by atoms with Crippen molar-refractivity contribution in [1.29, 1.82) is 5.26 Å². The molecule has 0 unspecified atom stereocenters. The summed E-state index contributed by atoms with van der Waals surface area (Å²) in [6, 6.07) is 5.33. The number of nitriles is 1. The number of nitrogens with zero attached hydrogens (tertiary/aromatic N) is 1. The molecule has 6 nitrogen and oxygen atoms in total. The predicted octanol–water partition coefficient (Wildman–Crippen LogP) is 2.31. The molecule has 0 bridgehead atoms. The van der Waals surface area contributed by atoms with Crippen LogP contribution in [0.2, 0.25) is 0 Å². The van der Waals surface area contributed by atoms with Gasteiger partial charge in [0.1, 0.15) is 23.2 Å². The summed E-state index contributed by atoms with van der Waals surface area (Å²) in [6.45, 7) is 5.09. The number of ether oxygens (including phenoxy) is 2. The Bertz CT molecular complexity index is 648. The fraction of sp³-hybridized carbons (Fsp3) is 0.333. The Hall–Kier alpha value is -2.68. The van der Waals surface area contributed by atoms with E-state index in [2.05, 4.69) is 0 Å². The van der Waals surface area contributed by atoms with Crippen LogP contribution >= 0.6 is 0 Å². The number of carbonyl (C=O) groups is 1. The molecule has 1 aromatic heterocycles. The molecule has 2 rings (SSSR count). The first kappa shape index (κ1) is 14.7. The van der Waals surface area contributed by atoms with Gasteiger partial charge in [0.2, 0.25) is 5.88 Å². The van der Waals surface area contributed by atoms with E-state index in [1.807, 2.05) is 6.07 Å². The minimum atomic E-state index is -0.718. The third-order valence-corrected chi connectivity index (χ3v) is 3.00. The van der Waals surface area contributed by atoms with E-state index in [1.165, 1.54) is 6.26 Å². The molecule has 1 aliphatic rings. The molecule has 0 aromatic carbocycles. The normalized spacial score (nSPS) is 18.5. The van der Waals surface area contributed by atoms with E-state index in [0.717, 1.165) is 0 Å². The molecule has 110 valence electrons. The molecule has 1 aliphatic heterocycles. The molecule has 0 saturated heterocycles. The van der Waals surface area contributed by atoms with Crippen LogP contribution in [0.3, 0.4) is 0 Å². The Morgan fingerprint density at radius 1 is 1.52 bits per heavy atom. The number of allylic oxidation sites excluding steroid dienone is 2. The SMILES string of the molecule is CC1=C(C(=O)OC(C)C)[C@@H](c2ccco2)C(C#N)=C(N)O1. The number of hydrogen-bond acceptors (Lipinski definition) is 6. The molecule has 0 radical (unpaired) electrons. The molecule has 2 heterocycles. The van der Waals surface area contributed by atoms with Gasteiger partial charge in [0.25, 0.3) is 0 Å². The number of nitrogens with two attached hydrogens (primary N) is 1. The molecule has 0 aliphatic carbocycles. The van der Waals surface area contributed by atoms with Crippen LogP contribution in [0.1, 0.15) is 32.4 Å². The van der Waals surface area contributed by atoms with Crippen molar-refractivity contribution in [2.75, 3.05) is 0 Å². The van der Waals surface area contributed by atoms with Gasteiger partial charge in [-0.15, -0.1) is 0 Å². The molecule has 2 N–H and O–H groups in total. The van der Waals surface area contributed by atoms with Gasteiger partial charge in [-0.05, 0) is 32.9 Å². The zero-order chi connectivity index (χ0) is 15.6. The molecular weight excluding hydrogens is 272 g/mol. The van der Waals surface area contributed by atoms with Crippen molar-refractivity contribution in [3.8, 4) is 6.07 Å². The summed E-state index contributed by atoms with van der Waals surface area (Å²) >= 11 is 0. The highest BCUT2D eigenvalue weighted by atomic mass is 16.5. The average Bonchev–Trinajstić information content (AvgIpc) is 2.90. The van der Waals surface area contributed by atoms with E-state index in [-0.39, 0.29) is 23.1 Å². The Morgan fingerprint density at radius 3 is 2.76 bits per heavy atom. The largest absolute Gasteiger partial charge is 0.468 e. The minimum Gasteiger partial charge on any atom is -0.468 e. The minimum absolute atomic E-state index is 0.0301. The first-order valence-corrected chi connectivity index (χ1v) is 6.48. The van der Waals surface area contributed by atoms with Gasteiger partial charge in [-0.25, -0.2) is 4.79 Å². The Labute approximate surface area is 122 Å². The highest BCUT2D eigenvalue weighted by Crippen LogP contribution is 2.39. The zero-order valence-corrected chi connectivity index (χ0v) is 12.0. The van der Waals surface area contributed by atoms with Gasteiger partial charge in [0.05, 0.1) is 23.9 Å². The summed E-state index contributed by atoms with van der Waals surface area (Å²) in [7, 11) is 0. The Morgan fingerprint density at radius 2 is 2.24 bits per heavy atom. The van der Waals surface area contributed by atoms with Crippen molar-refractivity contribution in [3.63, 3.8) is 0 Å². The zero-order valence-electron chi connectivity index (χ0n) is 12.0. The van der Waals surface area contributed by atoms with Gasteiger partial charge in [-0.2, -0.15) is 5.26 Å². The van der Waals surface area contributed by atoms with Gasteiger partial charge in [0.15, 0.2) is 0 Å². The lowest BCUT2D eigenvalue weighted by Gasteiger charge is -2.25. The predicted molar refractivity (Wildman–Crippen MR) is 73.3 cm³/mol. The van der Waals surface area contributed by atoms with E-state index < -0.39 is 11.9 Å². The van der Waals surface area contributed by atoms with Crippen molar-refractivity contribution in [2.24, 2.45) is 5.73 Å². The first-order valence-electron chi connectivity index (χ1n) is 6.48. The Balaban J connectivity index is 2.52. The van der Waals surface area contributed by atoms with Crippen LogP contribution in [0.15, 0.2) is 45.6 Å². The van der Waals surface area contributed by atoms with Crippen molar-refractivity contribution in [1.82, 2.24) is 0 Å². The summed E-state index contributed by atoms with van der Waals surface area (Å²) in [5, 5.41) is 9.31. The summed E-state index contributed by atoms with van der Waals surface area (Å²) in [5.74, 6) is -0.557. The van der Waals surface area contributed by atoms with E-state index in [1.54, 1.807) is 32.9 Å². The maximum absolute atomic E-state index is 12.3. The smallest absolute Gasteiger partial charge is 0.338 e. The summed E-state index contributed by atoms with van der Waals surface area (Å²) in [6.07, 6.45) is 1.18. The van der Waals surface area contributed by atoms with Crippen LogP contribution in [0, 0.1) is 11.3 Å². The maximum Gasteiger partial charge on any atom is 0.338 e. The van der Waals surface area contributed by atoms with Gasteiger partial charge in [-0.3, -0.25) is 0 Å². The van der Waals surface area contributed by atoms with Gasteiger partial charge in [0, 0.05) is 0 Å². The molecule has 0 spiro atoms. The van der Waals surface area contributed by atoms with Crippen LogP contribution < -0.4 is 5.73 Å². The lowest BCUT2D eigenvalue weighted by Crippen LogP contribution is -2.26. The summed E-state index contributed by atoms with van der Waals surface area (Å²) in [5.41, 5.74) is 6.10. The number of furan rings is 1. The highest BCUT2D eigenvalue weighted by molar-refractivity contribution is 5.92. The second-order valence-corrected chi connectivity index (χ2v) is 4.86. The maximum atomic E-state index is 12.3. The van der Waals surface area contributed by atoms with Crippen LogP contribution in [-0.2, 0) is 14.3 Å². The molecule has 1 atom stereocenters. The first-order chi connectivity index (χ1) is 9.95. The van der Waals surface area contributed by atoms with Crippen molar-refractivity contribution < 1.29 is 18.7 Å². The lowest BCUT2D eigenvalue weighted by molar-refractivity contribution is -0.143. The lowest BCUT2D eigenvalue weighted by atomic mass is 9.87. The second-order valence-electron chi connectivity index (χ2n) is 4.86. The molecule has 1 aromatic rings. The van der Waals surface area contributed by atoms with Crippen molar-refractivity contribution in [2.45, 2.75) is 32.8 Å². The van der Waals surface area contributed by atoms with Crippen molar-refractivity contribution >= 4 is 5.97 Å². The van der Waals surface area contributed by atoms with Gasteiger partial charge in [-0.1, -0.05) is 0 Å². The quantitative estimate of drug-likeness (QED) is 0.857. The van der Waals surface area contributed by atoms with Gasteiger partial charge >= 0.3 is 5.97 Å². The number of carbonyl (C=O) groups excluding carboxylic acids is 1. The molecule has 6 heteroatoms. The van der Waals surface area contributed by atoms with Crippen LogP contribution in [0.25, 0.3) is 0 Å². The number of esters is 1. The monoisotopic (exact) mass is 288 g/mol. The van der Waals surface area contributed by atoms with Crippen LogP contribution in [0.5, 0.6) is 0 Å². The van der Waals surface area contributed by atoms with Gasteiger partial charge < -0.3 is 19.6 Å².